The molecule has 8 nitrogen and oxygen atoms in total. The van der Waals surface area contributed by atoms with Gasteiger partial charge >= 0.3 is 0 Å². The molecule has 3 heterocycles. The summed E-state index contributed by atoms with van der Waals surface area (Å²) in [6, 6.07) is 6.82. The van der Waals surface area contributed by atoms with Crippen molar-refractivity contribution in [2.75, 3.05) is 19.7 Å². The van der Waals surface area contributed by atoms with Gasteiger partial charge in [0, 0.05) is 24.3 Å². The predicted octanol–water partition coefficient (Wildman–Crippen LogP) is 4.16. The molecule has 1 N–H and O–H groups in total. The average Bonchev–Trinajstić information content (AvgIpc) is 3.43. The number of aliphatic hydroxyl groups excluding tert-OH is 1. The Morgan fingerprint density at radius 2 is 1.86 bits per heavy atom. The number of imidazole rings is 1. The first-order valence-electron chi connectivity index (χ1n) is 12.6. The Kier molecular flexibility index (Phi) is 7.24. The third-order valence-corrected chi connectivity index (χ3v) is 7.13. The molecule has 0 atom stereocenters. The molecule has 3 aromatic rings. The first-order chi connectivity index (χ1) is 16.6. The van der Waals surface area contributed by atoms with Crippen LogP contribution in [0.4, 0.5) is 0 Å². The lowest BCUT2D eigenvalue weighted by Gasteiger charge is -2.40. The largest absolute Gasteiger partial charge is 0.395 e. The van der Waals surface area contributed by atoms with Crippen molar-refractivity contribution in [3.05, 3.63) is 41.3 Å². The molecule has 0 saturated carbocycles. The van der Waals surface area contributed by atoms with Crippen LogP contribution in [0.1, 0.15) is 69.4 Å². The predicted molar refractivity (Wildman–Crippen MR) is 137 cm³/mol. The number of carbonyl (C=O) groups is 1. The highest BCUT2D eigenvalue weighted by molar-refractivity contribution is 5.65. The number of hydrogen-bond donors (Lipinski definition) is 1. The molecule has 1 fully saturated rings. The lowest BCUT2D eigenvalue weighted by atomic mass is 9.86. The number of benzene rings is 1. The van der Waals surface area contributed by atoms with Crippen LogP contribution in [0.15, 0.2) is 24.4 Å². The Morgan fingerprint density at radius 1 is 1.14 bits per heavy atom. The van der Waals surface area contributed by atoms with Crippen LogP contribution in [0.25, 0.3) is 22.9 Å². The van der Waals surface area contributed by atoms with E-state index in [1.807, 2.05) is 36.2 Å². The first kappa shape index (κ1) is 25.3. The molecule has 1 aliphatic heterocycles. The number of likely N-dealkylation sites (tertiary alicyclic amines) is 1. The molecule has 2 aromatic heterocycles. The molecule has 0 amide bonds. The van der Waals surface area contributed by atoms with Crippen LogP contribution < -0.4 is 0 Å². The second-order valence-corrected chi connectivity index (χ2v) is 10.5. The second kappa shape index (κ2) is 10.0. The molecule has 1 aliphatic rings. The Morgan fingerprint density at radius 3 is 2.46 bits per heavy atom. The van der Waals surface area contributed by atoms with Crippen LogP contribution in [-0.2, 0) is 11.3 Å². The molecular weight excluding hydrogens is 440 g/mol. The van der Waals surface area contributed by atoms with Crippen LogP contribution in [0.5, 0.6) is 0 Å². The molecule has 1 aromatic carbocycles. The molecule has 0 aliphatic carbocycles. The standard InChI is InChI=1S/C27H38N6O2/c1-18(2)33-26(28-20(4)30-33)24-16-31(13-14-34)25(29-24)23-8-7-22(15-19(23)3)21-9-11-32(12-10-21)27(5,6)17-35/h7-8,15-18,21,34H,9-14H2,1-6H3. The molecule has 0 radical (unpaired) electrons. The van der Waals surface area contributed by atoms with Gasteiger partial charge in [0.1, 0.15) is 23.6 Å². The summed E-state index contributed by atoms with van der Waals surface area (Å²) in [4.78, 5) is 23.3. The highest BCUT2D eigenvalue weighted by Crippen LogP contribution is 2.34. The summed E-state index contributed by atoms with van der Waals surface area (Å²) < 4.78 is 3.91. The Labute approximate surface area is 208 Å². The molecule has 0 bridgehead atoms. The summed E-state index contributed by atoms with van der Waals surface area (Å²) in [6.45, 7) is 14.5. The quantitative estimate of drug-likeness (QED) is 0.489. The van der Waals surface area contributed by atoms with Crippen LogP contribution in [0.3, 0.4) is 0 Å². The van der Waals surface area contributed by atoms with Crippen molar-refractivity contribution in [1.29, 1.82) is 0 Å². The van der Waals surface area contributed by atoms with Crippen molar-refractivity contribution < 1.29 is 9.90 Å². The fraction of sp³-hybridized carbons (Fsp3) is 0.556. The van der Waals surface area contributed by atoms with Gasteiger partial charge in [0.05, 0.1) is 12.1 Å². The summed E-state index contributed by atoms with van der Waals surface area (Å²) >= 11 is 0. The number of aldehydes is 1. The van der Waals surface area contributed by atoms with Gasteiger partial charge < -0.3 is 14.5 Å². The van der Waals surface area contributed by atoms with Gasteiger partial charge in [0.25, 0.3) is 0 Å². The number of aromatic nitrogens is 5. The van der Waals surface area contributed by atoms with E-state index >= 15 is 0 Å². The van der Waals surface area contributed by atoms with E-state index in [0.717, 1.165) is 66.5 Å². The number of aliphatic hydroxyl groups is 1. The fourth-order valence-corrected chi connectivity index (χ4v) is 5.04. The van der Waals surface area contributed by atoms with Gasteiger partial charge in [-0.15, -0.1) is 0 Å². The van der Waals surface area contributed by atoms with Gasteiger partial charge in [-0.2, -0.15) is 5.10 Å². The van der Waals surface area contributed by atoms with E-state index < -0.39 is 5.54 Å². The third kappa shape index (κ3) is 5.09. The van der Waals surface area contributed by atoms with Crippen LogP contribution in [-0.4, -0.2) is 65.8 Å². The van der Waals surface area contributed by atoms with E-state index in [0.29, 0.717) is 12.5 Å². The monoisotopic (exact) mass is 478 g/mol. The minimum absolute atomic E-state index is 0.0333. The third-order valence-electron chi connectivity index (χ3n) is 7.13. The summed E-state index contributed by atoms with van der Waals surface area (Å²) in [5.41, 5.74) is 3.92. The van der Waals surface area contributed by atoms with Crippen molar-refractivity contribution in [3.63, 3.8) is 0 Å². The average molecular weight is 479 g/mol. The van der Waals surface area contributed by atoms with Gasteiger partial charge in [-0.25, -0.2) is 14.6 Å². The normalized spacial score (nSPS) is 15.8. The number of aryl methyl sites for hydroxylation is 2. The summed E-state index contributed by atoms with van der Waals surface area (Å²) in [5, 5.41) is 14.2. The fourth-order valence-electron chi connectivity index (χ4n) is 5.04. The molecule has 35 heavy (non-hydrogen) atoms. The van der Waals surface area contributed by atoms with Gasteiger partial charge in [0.15, 0.2) is 5.82 Å². The van der Waals surface area contributed by atoms with E-state index in [4.69, 9.17) is 4.98 Å². The van der Waals surface area contributed by atoms with Crippen molar-refractivity contribution >= 4 is 6.29 Å². The van der Waals surface area contributed by atoms with E-state index in [1.165, 1.54) is 5.56 Å². The lowest BCUT2D eigenvalue weighted by Crippen LogP contribution is -2.48. The Balaban J connectivity index is 1.62. The number of hydrogen-bond acceptors (Lipinski definition) is 6. The molecule has 4 rings (SSSR count). The minimum Gasteiger partial charge on any atom is -0.395 e. The zero-order chi connectivity index (χ0) is 25.3. The summed E-state index contributed by atoms with van der Waals surface area (Å²) in [6.07, 6.45) is 5.11. The van der Waals surface area contributed by atoms with E-state index in [1.54, 1.807) is 0 Å². The van der Waals surface area contributed by atoms with Gasteiger partial charge in [0.2, 0.25) is 0 Å². The van der Waals surface area contributed by atoms with Crippen molar-refractivity contribution in [2.24, 2.45) is 0 Å². The molecule has 0 unspecified atom stereocenters. The minimum atomic E-state index is -0.398. The summed E-state index contributed by atoms with van der Waals surface area (Å²) in [5.74, 6) is 2.78. The van der Waals surface area contributed by atoms with Gasteiger partial charge in [-0.3, -0.25) is 4.90 Å². The Bertz CT molecular complexity index is 1180. The van der Waals surface area contributed by atoms with Gasteiger partial charge in [-0.05, 0) is 84.5 Å². The van der Waals surface area contributed by atoms with Crippen molar-refractivity contribution in [3.8, 4) is 22.9 Å². The van der Waals surface area contributed by atoms with E-state index in [2.05, 4.69) is 54.0 Å². The summed E-state index contributed by atoms with van der Waals surface area (Å²) in [7, 11) is 0. The maximum atomic E-state index is 11.4. The van der Waals surface area contributed by atoms with Crippen molar-refractivity contribution in [1.82, 2.24) is 29.2 Å². The maximum absolute atomic E-state index is 11.4. The zero-order valence-electron chi connectivity index (χ0n) is 21.8. The highest BCUT2D eigenvalue weighted by atomic mass is 16.3. The molecule has 0 spiro atoms. The van der Waals surface area contributed by atoms with Crippen LogP contribution in [0, 0.1) is 13.8 Å². The molecule has 8 heteroatoms. The topological polar surface area (TPSA) is 89.1 Å². The number of piperidine rings is 1. The van der Waals surface area contributed by atoms with Crippen molar-refractivity contribution in [2.45, 2.75) is 78.4 Å². The van der Waals surface area contributed by atoms with Crippen LogP contribution in [0.2, 0.25) is 0 Å². The maximum Gasteiger partial charge on any atom is 0.178 e. The lowest BCUT2D eigenvalue weighted by molar-refractivity contribution is -0.117. The SMILES string of the molecule is Cc1nc(-c2cn(CCO)c(-c3ccc(C4CCN(C(C)(C)C=O)CC4)cc3C)n2)n(C(C)C)n1. The smallest absolute Gasteiger partial charge is 0.178 e. The van der Waals surface area contributed by atoms with Gasteiger partial charge in [-0.1, -0.05) is 18.2 Å². The van der Waals surface area contributed by atoms with Crippen LogP contribution >= 0.6 is 0 Å². The number of nitrogens with zero attached hydrogens (tertiary/aromatic N) is 6. The zero-order valence-corrected chi connectivity index (χ0v) is 21.8. The first-order valence-corrected chi connectivity index (χ1v) is 12.6. The number of carbonyl (C=O) groups excluding carboxylic acids is 1. The van der Waals surface area contributed by atoms with E-state index in [9.17, 15) is 9.90 Å². The molecular formula is C27H38N6O2. The number of rotatable bonds is 8. The highest BCUT2D eigenvalue weighted by Gasteiger charge is 2.31. The molecule has 188 valence electrons. The molecule has 1 saturated heterocycles. The van der Waals surface area contributed by atoms with E-state index in [-0.39, 0.29) is 12.6 Å². The second-order valence-electron chi connectivity index (χ2n) is 10.5. The Hall–Kier alpha value is -2.84.